The number of benzene rings is 1. The molecule has 2 fully saturated rings. The number of aromatic nitrogens is 2. The molecule has 0 atom stereocenters. The van der Waals surface area contributed by atoms with E-state index in [4.69, 9.17) is 4.74 Å². The Kier molecular flexibility index (Phi) is 6.79. The minimum atomic E-state index is 0.0924. The Bertz CT molecular complexity index is 798. The second-order valence-electron chi connectivity index (χ2n) is 8.24. The van der Waals surface area contributed by atoms with Crippen LogP contribution in [-0.4, -0.2) is 60.3 Å². The van der Waals surface area contributed by atoms with Crippen LogP contribution in [0.3, 0.4) is 0 Å². The van der Waals surface area contributed by atoms with Gasteiger partial charge >= 0.3 is 0 Å². The van der Waals surface area contributed by atoms with Crippen molar-refractivity contribution in [1.82, 2.24) is 20.4 Å². The summed E-state index contributed by atoms with van der Waals surface area (Å²) in [5.41, 5.74) is 1.35. The third-order valence-corrected chi connectivity index (χ3v) is 6.21. The fourth-order valence-corrected chi connectivity index (χ4v) is 4.36. The van der Waals surface area contributed by atoms with Crippen LogP contribution in [-0.2, 0) is 11.3 Å². The Hall–Kier alpha value is -2.67. The zero-order valence-electron chi connectivity index (χ0n) is 17.7. The molecule has 1 aromatic carbocycles. The lowest BCUT2D eigenvalue weighted by atomic mass is 9.94. The van der Waals surface area contributed by atoms with Gasteiger partial charge < -0.3 is 15.0 Å². The molecule has 2 aliphatic heterocycles. The van der Waals surface area contributed by atoms with Gasteiger partial charge in [-0.15, -0.1) is 10.2 Å². The summed E-state index contributed by atoms with van der Waals surface area (Å²) in [6.45, 7) is 4.72. The molecule has 0 bridgehead atoms. The summed E-state index contributed by atoms with van der Waals surface area (Å²) >= 11 is 0. The van der Waals surface area contributed by atoms with E-state index in [9.17, 15) is 4.79 Å². The van der Waals surface area contributed by atoms with Gasteiger partial charge in [0.1, 0.15) is 0 Å². The second kappa shape index (κ2) is 9.89. The first kappa shape index (κ1) is 20.6. The molecule has 2 saturated heterocycles. The average molecular weight is 410 g/mol. The van der Waals surface area contributed by atoms with Crippen molar-refractivity contribution in [3.63, 3.8) is 0 Å². The van der Waals surface area contributed by atoms with E-state index in [1.807, 2.05) is 12.1 Å². The van der Waals surface area contributed by atoms with E-state index in [0.29, 0.717) is 11.9 Å². The normalized spacial score (nSPS) is 18.9. The van der Waals surface area contributed by atoms with E-state index in [1.54, 1.807) is 7.11 Å². The smallest absolute Gasteiger partial charge is 0.233 e. The molecule has 0 saturated carbocycles. The van der Waals surface area contributed by atoms with Crippen LogP contribution in [0, 0.1) is 5.92 Å². The Morgan fingerprint density at radius 1 is 1.00 bits per heavy atom. The minimum absolute atomic E-state index is 0.0924. The predicted molar refractivity (Wildman–Crippen MR) is 116 cm³/mol. The Balaban J connectivity index is 1.19. The highest BCUT2D eigenvalue weighted by Gasteiger charge is 2.28. The van der Waals surface area contributed by atoms with Gasteiger partial charge in [-0.3, -0.25) is 9.69 Å². The van der Waals surface area contributed by atoms with Crippen LogP contribution in [0.4, 0.5) is 5.82 Å². The molecule has 0 radical (unpaired) electrons. The topological polar surface area (TPSA) is 70.6 Å². The highest BCUT2D eigenvalue weighted by atomic mass is 16.5. The number of hydrogen-bond donors (Lipinski definition) is 1. The van der Waals surface area contributed by atoms with Crippen molar-refractivity contribution in [2.24, 2.45) is 5.92 Å². The highest BCUT2D eigenvalue weighted by molar-refractivity contribution is 5.79. The zero-order valence-corrected chi connectivity index (χ0v) is 17.7. The number of carbonyl (C=O) groups is 1. The molecule has 2 aliphatic rings. The molecular formula is C23H31N5O2. The minimum Gasteiger partial charge on any atom is -0.480 e. The Morgan fingerprint density at radius 3 is 2.37 bits per heavy atom. The first-order valence-electron chi connectivity index (χ1n) is 10.9. The zero-order chi connectivity index (χ0) is 20.8. The van der Waals surface area contributed by atoms with Crippen molar-refractivity contribution < 1.29 is 9.53 Å². The summed E-state index contributed by atoms with van der Waals surface area (Å²) < 4.78 is 5.07. The van der Waals surface area contributed by atoms with Crippen molar-refractivity contribution in [2.45, 2.75) is 38.3 Å². The number of rotatable bonds is 6. The number of anilines is 1. The number of nitrogens with one attached hydrogen (secondary N) is 1. The van der Waals surface area contributed by atoms with E-state index in [-0.39, 0.29) is 11.8 Å². The molecule has 3 heterocycles. The average Bonchev–Trinajstić information content (AvgIpc) is 2.81. The summed E-state index contributed by atoms with van der Waals surface area (Å²) in [6.07, 6.45) is 3.76. The van der Waals surface area contributed by atoms with E-state index in [0.717, 1.165) is 64.2 Å². The Morgan fingerprint density at radius 2 is 1.73 bits per heavy atom. The molecular weight excluding hydrogens is 378 g/mol. The molecule has 0 aliphatic carbocycles. The second-order valence-corrected chi connectivity index (χ2v) is 8.24. The number of amides is 1. The molecule has 1 aromatic heterocycles. The van der Waals surface area contributed by atoms with E-state index in [1.165, 1.54) is 5.56 Å². The third kappa shape index (κ3) is 5.27. The molecule has 1 amide bonds. The number of methoxy groups -OCH3 is 1. The largest absolute Gasteiger partial charge is 0.480 e. The molecule has 0 unspecified atom stereocenters. The number of nitrogens with zero attached hydrogens (tertiary/aromatic N) is 4. The molecule has 4 rings (SSSR count). The van der Waals surface area contributed by atoms with Crippen LogP contribution in [0.1, 0.15) is 31.2 Å². The lowest BCUT2D eigenvalue weighted by Gasteiger charge is -2.35. The fraction of sp³-hybridized carbons (Fsp3) is 0.522. The van der Waals surface area contributed by atoms with E-state index >= 15 is 0 Å². The summed E-state index contributed by atoms with van der Waals surface area (Å²) in [6, 6.07) is 14.6. The summed E-state index contributed by atoms with van der Waals surface area (Å²) in [7, 11) is 1.58. The van der Waals surface area contributed by atoms with Crippen LogP contribution in [0.5, 0.6) is 5.88 Å². The number of likely N-dealkylation sites (tertiary alicyclic amines) is 1. The molecule has 1 N–H and O–H groups in total. The highest BCUT2D eigenvalue weighted by Crippen LogP contribution is 2.23. The van der Waals surface area contributed by atoms with Crippen molar-refractivity contribution in [3.05, 3.63) is 48.0 Å². The van der Waals surface area contributed by atoms with Crippen LogP contribution in [0.2, 0.25) is 0 Å². The maximum absolute atomic E-state index is 12.8. The summed E-state index contributed by atoms with van der Waals surface area (Å²) in [5.74, 6) is 1.68. The lowest BCUT2D eigenvalue weighted by Crippen LogP contribution is -2.48. The number of ether oxygens (including phenoxy) is 1. The van der Waals surface area contributed by atoms with Gasteiger partial charge in [-0.05, 0) is 37.3 Å². The monoisotopic (exact) mass is 409 g/mol. The van der Waals surface area contributed by atoms with Gasteiger partial charge in [-0.25, -0.2) is 0 Å². The maximum atomic E-state index is 12.8. The standard InChI is InChI=1S/C23H31N5O2/c1-30-22-8-7-21(25-26-22)28-15-9-19(10-16-28)23(29)24-20-11-13-27(14-12-20)17-18-5-3-2-4-6-18/h2-8,19-20H,9-17H2,1H3,(H,24,29). The maximum Gasteiger partial charge on any atom is 0.233 e. The van der Waals surface area contributed by atoms with Gasteiger partial charge in [-0.1, -0.05) is 30.3 Å². The Labute approximate surface area is 178 Å². The van der Waals surface area contributed by atoms with Gasteiger partial charge in [0.15, 0.2) is 5.82 Å². The molecule has 7 heteroatoms. The molecule has 30 heavy (non-hydrogen) atoms. The summed E-state index contributed by atoms with van der Waals surface area (Å²) in [4.78, 5) is 17.4. The third-order valence-electron chi connectivity index (χ3n) is 6.21. The van der Waals surface area contributed by atoms with Crippen LogP contribution >= 0.6 is 0 Å². The van der Waals surface area contributed by atoms with Crippen LogP contribution in [0.25, 0.3) is 0 Å². The van der Waals surface area contributed by atoms with Crippen molar-refractivity contribution in [1.29, 1.82) is 0 Å². The van der Waals surface area contributed by atoms with E-state index in [2.05, 4.69) is 55.6 Å². The van der Waals surface area contributed by atoms with E-state index < -0.39 is 0 Å². The molecule has 0 spiro atoms. The van der Waals surface area contributed by atoms with Gasteiger partial charge in [0, 0.05) is 50.7 Å². The van der Waals surface area contributed by atoms with Crippen LogP contribution < -0.4 is 15.0 Å². The first-order valence-corrected chi connectivity index (χ1v) is 10.9. The van der Waals surface area contributed by atoms with Gasteiger partial charge in [0.05, 0.1) is 7.11 Å². The number of piperidine rings is 2. The quantitative estimate of drug-likeness (QED) is 0.790. The van der Waals surface area contributed by atoms with Crippen molar-refractivity contribution >= 4 is 11.7 Å². The lowest BCUT2D eigenvalue weighted by molar-refractivity contribution is -0.126. The fourth-order valence-electron chi connectivity index (χ4n) is 4.36. The number of hydrogen-bond acceptors (Lipinski definition) is 6. The molecule has 7 nitrogen and oxygen atoms in total. The van der Waals surface area contributed by atoms with Crippen LogP contribution in [0.15, 0.2) is 42.5 Å². The van der Waals surface area contributed by atoms with Gasteiger partial charge in [0.25, 0.3) is 0 Å². The number of carbonyl (C=O) groups excluding carboxylic acids is 1. The molecule has 160 valence electrons. The SMILES string of the molecule is COc1ccc(N2CCC(C(=O)NC3CCN(Cc4ccccc4)CC3)CC2)nn1. The van der Waals surface area contributed by atoms with Gasteiger partial charge in [0.2, 0.25) is 11.8 Å². The summed E-state index contributed by atoms with van der Waals surface area (Å²) in [5, 5.41) is 11.6. The van der Waals surface area contributed by atoms with Crippen molar-refractivity contribution in [2.75, 3.05) is 38.2 Å². The first-order chi connectivity index (χ1) is 14.7. The van der Waals surface area contributed by atoms with Crippen molar-refractivity contribution in [3.8, 4) is 5.88 Å². The van der Waals surface area contributed by atoms with Gasteiger partial charge in [-0.2, -0.15) is 0 Å². The molecule has 2 aromatic rings. The predicted octanol–water partition coefficient (Wildman–Crippen LogP) is 2.48.